The van der Waals surface area contributed by atoms with Gasteiger partial charge in [0.15, 0.2) is 12.4 Å². The van der Waals surface area contributed by atoms with E-state index >= 15 is 0 Å². The SMILES string of the molecule is CCCCCCCCCCCCCCCC(=O)OC[C@@H](CO[C@@H]1O[C@H](CO)[C@H](O)[C@H](O)[C@H]1O)OC(=O)CCCCCCCCCCCCCCC. The number of aliphatic hydroxyl groups is 4. The molecule has 1 heterocycles. The first-order valence-electron chi connectivity index (χ1n) is 21.1. The first-order chi connectivity index (χ1) is 24.8. The average Bonchev–Trinajstić information content (AvgIpc) is 3.13. The van der Waals surface area contributed by atoms with Crippen molar-refractivity contribution in [2.24, 2.45) is 0 Å². The summed E-state index contributed by atoms with van der Waals surface area (Å²) in [6.07, 6.45) is 23.9. The van der Waals surface area contributed by atoms with E-state index in [1.165, 1.54) is 122 Å². The number of hydrogen-bond donors (Lipinski definition) is 4. The zero-order valence-corrected chi connectivity index (χ0v) is 32.6. The van der Waals surface area contributed by atoms with Gasteiger partial charge in [-0.05, 0) is 12.8 Å². The van der Waals surface area contributed by atoms with Crippen LogP contribution in [-0.4, -0.2) is 89.0 Å². The summed E-state index contributed by atoms with van der Waals surface area (Å²) < 4.78 is 22.1. The Morgan fingerprint density at radius 1 is 0.529 bits per heavy atom. The van der Waals surface area contributed by atoms with Crippen LogP contribution in [0.1, 0.15) is 194 Å². The Hall–Kier alpha value is -1.30. The molecule has 6 atom stereocenters. The van der Waals surface area contributed by atoms with Crippen molar-refractivity contribution in [1.82, 2.24) is 0 Å². The summed E-state index contributed by atoms with van der Waals surface area (Å²) in [7, 11) is 0. The van der Waals surface area contributed by atoms with Gasteiger partial charge in [0.1, 0.15) is 31.0 Å². The molecule has 0 amide bonds. The molecule has 10 nitrogen and oxygen atoms in total. The first-order valence-corrected chi connectivity index (χ1v) is 21.1. The van der Waals surface area contributed by atoms with Crippen molar-refractivity contribution in [2.45, 2.75) is 230 Å². The van der Waals surface area contributed by atoms with Crippen molar-refractivity contribution in [2.75, 3.05) is 19.8 Å². The minimum atomic E-state index is -1.59. The van der Waals surface area contributed by atoms with Crippen LogP contribution in [0.25, 0.3) is 0 Å². The summed E-state index contributed by atoms with van der Waals surface area (Å²) in [5.41, 5.74) is 0. The van der Waals surface area contributed by atoms with Gasteiger partial charge in [0, 0.05) is 12.8 Å². The molecule has 0 aliphatic carbocycles. The fourth-order valence-corrected chi connectivity index (χ4v) is 6.60. The number of esters is 2. The second kappa shape index (κ2) is 33.3. The maximum Gasteiger partial charge on any atom is 0.306 e. The van der Waals surface area contributed by atoms with Crippen LogP contribution in [-0.2, 0) is 28.5 Å². The lowest BCUT2D eigenvalue weighted by Gasteiger charge is -2.39. The Balaban J connectivity index is 2.35. The van der Waals surface area contributed by atoms with Gasteiger partial charge < -0.3 is 39.4 Å². The highest BCUT2D eigenvalue weighted by molar-refractivity contribution is 5.70. The predicted molar refractivity (Wildman–Crippen MR) is 201 cm³/mol. The summed E-state index contributed by atoms with van der Waals surface area (Å²) in [5, 5.41) is 40.0. The highest BCUT2D eigenvalue weighted by Gasteiger charge is 2.44. The maximum atomic E-state index is 12.7. The van der Waals surface area contributed by atoms with Crippen molar-refractivity contribution in [1.29, 1.82) is 0 Å². The van der Waals surface area contributed by atoms with E-state index in [0.29, 0.717) is 6.42 Å². The third-order valence-corrected chi connectivity index (χ3v) is 9.99. The van der Waals surface area contributed by atoms with Gasteiger partial charge in [-0.2, -0.15) is 0 Å². The summed E-state index contributed by atoms with van der Waals surface area (Å²) in [6, 6.07) is 0. The lowest BCUT2D eigenvalue weighted by molar-refractivity contribution is -0.305. The van der Waals surface area contributed by atoms with Gasteiger partial charge in [-0.15, -0.1) is 0 Å². The van der Waals surface area contributed by atoms with E-state index in [1.807, 2.05) is 0 Å². The van der Waals surface area contributed by atoms with E-state index in [0.717, 1.165) is 38.5 Å². The highest BCUT2D eigenvalue weighted by atomic mass is 16.7. The van der Waals surface area contributed by atoms with Gasteiger partial charge >= 0.3 is 11.9 Å². The minimum Gasteiger partial charge on any atom is -0.462 e. The van der Waals surface area contributed by atoms with Gasteiger partial charge in [-0.25, -0.2) is 0 Å². The molecule has 1 saturated heterocycles. The zero-order chi connectivity index (χ0) is 37.4. The number of carbonyl (C=O) groups is 2. The predicted octanol–water partition coefficient (Wildman–Crippen LogP) is 8.22. The standard InChI is InChI=1S/C41H78O10/c1-3-5-7-9-11-13-15-17-19-21-23-25-27-29-36(43)48-32-34(33-49-41-40(47)39(46)38(45)35(31-42)51-41)50-37(44)30-28-26-24-22-20-18-16-14-12-10-8-6-4-2/h34-35,38-42,45-47H,3-33H2,1-2H3/t34-,35+,38-,39-,40+,41+/m0/s1. The molecule has 1 aliphatic rings. The minimum absolute atomic E-state index is 0.209. The topological polar surface area (TPSA) is 152 Å². The number of rotatable bonds is 35. The molecule has 0 aromatic heterocycles. The van der Waals surface area contributed by atoms with Gasteiger partial charge in [-0.3, -0.25) is 9.59 Å². The molecule has 0 bridgehead atoms. The Kier molecular flexibility index (Phi) is 31.1. The summed E-state index contributed by atoms with van der Waals surface area (Å²) in [5.74, 6) is -0.795. The van der Waals surface area contributed by atoms with E-state index < -0.39 is 49.4 Å². The van der Waals surface area contributed by atoms with Crippen molar-refractivity contribution in [3.8, 4) is 0 Å². The van der Waals surface area contributed by atoms with E-state index in [1.54, 1.807) is 0 Å². The van der Waals surface area contributed by atoms with Crippen molar-refractivity contribution >= 4 is 11.9 Å². The van der Waals surface area contributed by atoms with Crippen LogP contribution in [0.5, 0.6) is 0 Å². The molecule has 302 valence electrons. The van der Waals surface area contributed by atoms with Crippen LogP contribution in [0.15, 0.2) is 0 Å². The Morgan fingerprint density at radius 3 is 1.33 bits per heavy atom. The first kappa shape index (κ1) is 47.7. The number of aliphatic hydroxyl groups excluding tert-OH is 4. The Labute approximate surface area is 310 Å². The van der Waals surface area contributed by atoms with E-state index in [9.17, 15) is 30.0 Å². The van der Waals surface area contributed by atoms with E-state index in [2.05, 4.69) is 13.8 Å². The third kappa shape index (κ3) is 25.4. The molecule has 51 heavy (non-hydrogen) atoms. The van der Waals surface area contributed by atoms with Crippen molar-refractivity contribution in [3.63, 3.8) is 0 Å². The van der Waals surface area contributed by atoms with Gasteiger partial charge in [0.05, 0.1) is 13.2 Å². The lowest BCUT2D eigenvalue weighted by atomic mass is 9.99. The molecule has 1 aliphatic heterocycles. The summed E-state index contributed by atoms with van der Waals surface area (Å²) >= 11 is 0. The van der Waals surface area contributed by atoms with E-state index in [-0.39, 0.29) is 32.0 Å². The fraction of sp³-hybridized carbons (Fsp3) is 0.951. The average molecular weight is 731 g/mol. The smallest absolute Gasteiger partial charge is 0.306 e. The molecule has 0 saturated carbocycles. The third-order valence-electron chi connectivity index (χ3n) is 9.99. The second-order valence-corrected chi connectivity index (χ2v) is 14.8. The highest BCUT2D eigenvalue weighted by Crippen LogP contribution is 2.23. The van der Waals surface area contributed by atoms with Crippen molar-refractivity contribution in [3.05, 3.63) is 0 Å². The van der Waals surface area contributed by atoms with Gasteiger partial charge in [-0.1, -0.05) is 168 Å². The summed E-state index contributed by atoms with van der Waals surface area (Å²) in [4.78, 5) is 25.2. The van der Waals surface area contributed by atoms with Crippen LogP contribution in [0, 0.1) is 0 Å². The normalized spacial score (nSPS) is 21.1. The quantitative estimate of drug-likeness (QED) is 0.0371. The molecule has 0 radical (unpaired) electrons. The monoisotopic (exact) mass is 731 g/mol. The number of ether oxygens (including phenoxy) is 4. The molecule has 0 aromatic rings. The van der Waals surface area contributed by atoms with Crippen LogP contribution in [0.2, 0.25) is 0 Å². The maximum absolute atomic E-state index is 12.7. The molecular formula is C41H78O10. The fourth-order valence-electron chi connectivity index (χ4n) is 6.60. The Morgan fingerprint density at radius 2 is 0.922 bits per heavy atom. The molecule has 0 aromatic carbocycles. The molecule has 0 spiro atoms. The molecule has 0 unspecified atom stereocenters. The van der Waals surface area contributed by atoms with Crippen LogP contribution in [0.4, 0.5) is 0 Å². The van der Waals surface area contributed by atoms with Gasteiger partial charge in [0.2, 0.25) is 0 Å². The molecular weight excluding hydrogens is 652 g/mol. The molecule has 1 rings (SSSR count). The number of unbranched alkanes of at least 4 members (excludes halogenated alkanes) is 24. The zero-order valence-electron chi connectivity index (χ0n) is 32.6. The number of carbonyl (C=O) groups excluding carboxylic acids is 2. The molecule has 1 fully saturated rings. The lowest BCUT2D eigenvalue weighted by Crippen LogP contribution is -2.59. The van der Waals surface area contributed by atoms with Crippen LogP contribution < -0.4 is 0 Å². The largest absolute Gasteiger partial charge is 0.462 e. The summed E-state index contributed by atoms with van der Waals surface area (Å²) in [6.45, 7) is 3.43. The van der Waals surface area contributed by atoms with Gasteiger partial charge in [0.25, 0.3) is 0 Å². The van der Waals surface area contributed by atoms with Crippen LogP contribution in [0.3, 0.4) is 0 Å². The van der Waals surface area contributed by atoms with E-state index in [4.69, 9.17) is 18.9 Å². The van der Waals surface area contributed by atoms with Crippen LogP contribution >= 0.6 is 0 Å². The van der Waals surface area contributed by atoms with Crippen molar-refractivity contribution < 1.29 is 49.0 Å². The Bertz CT molecular complexity index is 809. The molecule has 10 heteroatoms. The molecule has 4 N–H and O–H groups in total. The second-order valence-electron chi connectivity index (χ2n) is 14.8. The number of hydrogen-bond acceptors (Lipinski definition) is 10.